The number of ether oxygens (including phenoxy) is 1. The van der Waals surface area contributed by atoms with Gasteiger partial charge < -0.3 is 9.64 Å². The highest BCUT2D eigenvalue weighted by atomic mass is 35.5. The number of carbonyl (C=O) groups is 1. The van der Waals surface area contributed by atoms with Crippen LogP contribution in [0.2, 0.25) is 5.02 Å². The molecule has 0 aliphatic carbocycles. The van der Waals surface area contributed by atoms with Crippen molar-refractivity contribution in [3.8, 4) is 0 Å². The van der Waals surface area contributed by atoms with Crippen LogP contribution < -0.4 is 4.90 Å². The molecule has 2 aromatic carbocycles. The van der Waals surface area contributed by atoms with E-state index in [1.54, 1.807) is 30.0 Å². The average Bonchev–Trinajstić information content (AvgIpc) is 3.20. The SMILES string of the molecule is O=C(OCCSc1ccc(Cl)cc1)c1cc([N+](=O)[O-])ccc1N1CCCC1. The molecule has 142 valence electrons. The first-order chi connectivity index (χ1) is 13.0. The monoisotopic (exact) mass is 406 g/mol. The van der Waals surface area contributed by atoms with Crippen LogP contribution in [-0.2, 0) is 4.74 Å². The Balaban J connectivity index is 1.64. The second-order valence-corrected chi connectivity index (χ2v) is 7.70. The molecule has 2 aromatic rings. The molecule has 0 unspecified atom stereocenters. The van der Waals surface area contributed by atoms with Crippen molar-refractivity contribution in [2.45, 2.75) is 17.7 Å². The second-order valence-electron chi connectivity index (χ2n) is 6.09. The lowest BCUT2D eigenvalue weighted by Crippen LogP contribution is -2.21. The van der Waals surface area contributed by atoms with Crippen molar-refractivity contribution < 1.29 is 14.5 Å². The summed E-state index contributed by atoms with van der Waals surface area (Å²) in [6, 6.07) is 11.8. The maximum Gasteiger partial charge on any atom is 0.340 e. The minimum absolute atomic E-state index is 0.111. The van der Waals surface area contributed by atoms with E-state index in [1.807, 2.05) is 12.1 Å². The highest BCUT2D eigenvalue weighted by molar-refractivity contribution is 7.99. The van der Waals surface area contributed by atoms with Gasteiger partial charge in [-0.2, -0.15) is 0 Å². The number of nitrogens with zero attached hydrogens (tertiary/aromatic N) is 2. The van der Waals surface area contributed by atoms with E-state index >= 15 is 0 Å². The maximum atomic E-state index is 12.6. The van der Waals surface area contributed by atoms with Gasteiger partial charge in [0, 0.05) is 40.9 Å². The smallest absolute Gasteiger partial charge is 0.340 e. The Kier molecular flexibility index (Phi) is 6.58. The third-order valence-corrected chi connectivity index (χ3v) is 5.48. The zero-order chi connectivity index (χ0) is 19.2. The molecule has 0 amide bonds. The number of non-ortho nitro benzene ring substituents is 1. The number of nitro groups is 1. The van der Waals surface area contributed by atoms with Crippen molar-refractivity contribution in [2.75, 3.05) is 30.3 Å². The van der Waals surface area contributed by atoms with E-state index in [0.717, 1.165) is 30.8 Å². The standard InChI is InChI=1S/C19H19ClN2O4S/c20-14-3-6-16(7-4-14)27-12-11-26-19(23)17-13-15(22(24)25)5-8-18(17)21-9-1-2-10-21/h3-8,13H,1-2,9-12H2. The van der Waals surface area contributed by atoms with Crippen molar-refractivity contribution >= 4 is 40.7 Å². The predicted octanol–water partition coefficient (Wildman–Crippen LogP) is 4.80. The van der Waals surface area contributed by atoms with Crippen LogP contribution in [0.25, 0.3) is 0 Å². The fraction of sp³-hybridized carbons (Fsp3) is 0.316. The molecule has 0 atom stereocenters. The number of halogens is 1. The van der Waals surface area contributed by atoms with E-state index in [9.17, 15) is 14.9 Å². The Morgan fingerprint density at radius 3 is 2.56 bits per heavy atom. The van der Waals surface area contributed by atoms with Crippen molar-refractivity contribution in [3.63, 3.8) is 0 Å². The molecule has 0 saturated carbocycles. The molecule has 0 aromatic heterocycles. The summed E-state index contributed by atoms with van der Waals surface area (Å²) >= 11 is 7.40. The zero-order valence-electron chi connectivity index (χ0n) is 14.6. The topological polar surface area (TPSA) is 72.7 Å². The van der Waals surface area contributed by atoms with Gasteiger partial charge in [0.15, 0.2) is 0 Å². The van der Waals surface area contributed by atoms with Crippen LogP contribution in [0.15, 0.2) is 47.4 Å². The quantitative estimate of drug-likeness (QED) is 0.216. The molecule has 1 heterocycles. The van der Waals surface area contributed by atoms with Gasteiger partial charge in [0.25, 0.3) is 5.69 Å². The largest absolute Gasteiger partial charge is 0.461 e. The molecular formula is C19H19ClN2O4S. The number of hydrogen-bond acceptors (Lipinski definition) is 6. The Morgan fingerprint density at radius 1 is 1.19 bits per heavy atom. The van der Waals surface area contributed by atoms with Crippen LogP contribution in [0, 0.1) is 10.1 Å². The number of nitro benzene ring substituents is 1. The van der Waals surface area contributed by atoms with Crippen molar-refractivity contribution in [1.82, 2.24) is 0 Å². The van der Waals surface area contributed by atoms with Crippen LogP contribution >= 0.6 is 23.4 Å². The van der Waals surface area contributed by atoms with Gasteiger partial charge in [-0.15, -0.1) is 11.8 Å². The summed E-state index contributed by atoms with van der Waals surface area (Å²) < 4.78 is 5.37. The molecular weight excluding hydrogens is 388 g/mol. The van der Waals surface area contributed by atoms with Crippen molar-refractivity contribution in [2.24, 2.45) is 0 Å². The first kappa shape index (κ1) is 19.5. The van der Waals surface area contributed by atoms with E-state index in [-0.39, 0.29) is 17.9 Å². The van der Waals surface area contributed by atoms with E-state index in [2.05, 4.69) is 4.90 Å². The van der Waals surface area contributed by atoms with Crippen LogP contribution in [-0.4, -0.2) is 36.3 Å². The number of thioether (sulfide) groups is 1. The van der Waals surface area contributed by atoms with E-state index in [4.69, 9.17) is 16.3 Å². The second kappa shape index (κ2) is 9.10. The predicted molar refractivity (Wildman–Crippen MR) is 107 cm³/mol. The normalized spacial score (nSPS) is 13.6. The molecule has 0 radical (unpaired) electrons. The fourth-order valence-electron chi connectivity index (χ4n) is 2.94. The van der Waals surface area contributed by atoms with Crippen molar-refractivity contribution in [3.05, 3.63) is 63.2 Å². The summed E-state index contributed by atoms with van der Waals surface area (Å²) in [6.45, 7) is 1.89. The van der Waals surface area contributed by atoms with E-state index in [1.165, 1.54) is 12.1 Å². The summed E-state index contributed by atoms with van der Waals surface area (Å²) in [6.07, 6.45) is 2.09. The molecule has 27 heavy (non-hydrogen) atoms. The first-order valence-electron chi connectivity index (χ1n) is 8.63. The lowest BCUT2D eigenvalue weighted by atomic mass is 10.1. The van der Waals surface area contributed by atoms with Crippen molar-refractivity contribution in [1.29, 1.82) is 0 Å². The lowest BCUT2D eigenvalue weighted by molar-refractivity contribution is -0.384. The van der Waals surface area contributed by atoms with Gasteiger partial charge in [-0.25, -0.2) is 4.79 Å². The summed E-state index contributed by atoms with van der Waals surface area (Å²) in [5, 5.41) is 11.7. The van der Waals surface area contributed by atoms with Gasteiger partial charge in [0.1, 0.15) is 6.61 Å². The molecule has 8 heteroatoms. The van der Waals surface area contributed by atoms with Gasteiger partial charge in [0.05, 0.1) is 16.2 Å². The van der Waals surface area contributed by atoms with Gasteiger partial charge in [-0.3, -0.25) is 10.1 Å². The van der Waals surface area contributed by atoms with Gasteiger partial charge in [0.2, 0.25) is 0 Å². The Labute approximate surface area is 166 Å². The fourth-order valence-corrected chi connectivity index (χ4v) is 3.79. The van der Waals surface area contributed by atoms with Gasteiger partial charge >= 0.3 is 5.97 Å². The Bertz CT molecular complexity index is 823. The molecule has 0 spiro atoms. The molecule has 3 rings (SSSR count). The van der Waals surface area contributed by atoms with Gasteiger partial charge in [-0.05, 0) is 43.2 Å². The maximum absolute atomic E-state index is 12.6. The third kappa shape index (κ3) is 5.14. The summed E-state index contributed by atoms with van der Waals surface area (Å²) in [5.41, 5.74) is 0.844. The minimum Gasteiger partial charge on any atom is -0.461 e. The number of anilines is 1. The Morgan fingerprint density at radius 2 is 1.89 bits per heavy atom. The van der Waals surface area contributed by atoms with E-state index in [0.29, 0.717) is 16.5 Å². The molecule has 6 nitrogen and oxygen atoms in total. The van der Waals surface area contributed by atoms with Crippen LogP contribution in [0.4, 0.5) is 11.4 Å². The van der Waals surface area contributed by atoms with E-state index < -0.39 is 10.9 Å². The Hall–Kier alpha value is -2.25. The number of rotatable bonds is 7. The lowest BCUT2D eigenvalue weighted by Gasteiger charge is -2.20. The molecule has 0 N–H and O–H groups in total. The summed E-state index contributed by atoms with van der Waals surface area (Å²) in [5.74, 6) is 0.0544. The number of esters is 1. The number of carbonyl (C=O) groups excluding carboxylic acids is 1. The molecule has 1 fully saturated rings. The minimum atomic E-state index is -0.530. The summed E-state index contributed by atoms with van der Waals surface area (Å²) in [4.78, 5) is 26.2. The number of hydrogen-bond donors (Lipinski definition) is 0. The van der Waals surface area contributed by atoms with Crippen LogP contribution in [0.1, 0.15) is 23.2 Å². The molecule has 1 saturated heterocycles. The molecule has 1 aliphatic rings. The third-order valence-electron chi connectivity index (χ3n) is 4.26. The molecule has 1 aliphatic heterocycles. The highest BCUT2D eigenvalue weighted by Crippen LogP contribution is 2.29. The first-order valence-corrected chi connectivity index (χ1v) is 10.00. The zero-order valence-corrected chi connectivity index (χ0v) is 16.2. The highest BCUT2D eigenvalue weighted by Gasteiger charge is 2.23. The number of benzene rings is 2. The average molecular weight is 407 g/mol. The summed E-state index contributed by atoms with van der Waals surface area (Å²) in [7, 11) is 0. The molecule has 0 bridgehead atoms. The van der Waals surface area contributed by atoms with Crippen LogP contribution in [0.3, 0.4) is 0 Å². The van der Waals surface area contributed by atoms with Gasteiger partial charge in [-0.1, -0.05) is 11.6 Å². The van der Waals surface area contributed by atoms with Crippen LogP contribution in [0.5, 0.6) is 0 Å².